The van der Waals surface area contributed by atoms with E-state index in [-0.39, 0.29) is 6.42 Å². The average Bonchev–Trinajstić information content (AvgIpc) is 1.89. The molecule has 0 saturated heterocycles. The molecule has 0 unspecified atom stereocenters. The third-order valence-corrected chi connectivity index (χ3v) is 0.982. The molecule has 0 bridgehead atoms. The van der Waals surface area contributed by atoms with Crippen LogP contribution in [0.2, 0.25) is 0 Å². The van der Waals surface area contributed by atoms with Gasteiger partial charge in [-0.25, -0.2) is 0 Å². The Hall–Kier alpha value is -1.06. The highest BCUT2D eigenvalue weighted by atomic mass is 16.3. The lowest BCUT2D eigenvalue weighted by molar-refractivity contribution is 0.147. The van der Waals surface area contributed by atoms with E-state index in [4.69, 9.17) is 15.6 Å². The Bertz CT molecular complexity index is 149. The van der Waals surface area contributed by atoms with Crippen LogP contribution in [-0.2, 0) is 0 Å². The minimum Gasteiger partial charge on any atom is -0.364 e. The van der Waals surface area contributed by atoms with Crippen molar-refractivity contribution in [1.82, 2.24) is 0 Å². The summed E-state index contributed by atoms with van der Waals surface area (Å²) in [7, 11) is 0. The molecule has 1 N–H and O–H groups in total. The van der Waals surface area contributed by atoms with Gasteiger partial charge in [0.25, 0.3) is 0 Å². The maximum absolute atomic E-state index is 8.91. The van der Waals surface area contributed by atoms with Crippen molar-refractivity contribution < 1.29 is 5.11 Å². The molecule has 0 amide bonds. The van der Waals surface area contributed by atoms with Crippen molar-refractivity contribution in [2.24, 2.45) is 0 Å². The number of aliphatic hydroxyl groups is 1. The number of hydrogen-bond acceptors (Lipinski definition) is 3. The number of nitrogens with zero attached hydrogens (tertiary/aromatic N) is 2. The summed E-state index contributed by atoms with van der Waals surface area (Å²) in [5.74, 6) is 0. The van der Waals surface area contributed by atoms with Crippen LogP contribution in [0.25, 0.3) is 0 Å². The van der Waals surface area contributed by atoms with Gasteiger partial charge in [0, 0.05) is 6.42 Å². The molecule has 3 nitrogen and oxygen atoms in total. The molecule has 0 rings (SSSR count). The van der Waals surface area contributed by atoms with E-state index < -0.39 is 5.60 Å². The van der Waals surface area contributed by atoms with E-state index in [1.165, 1.54) is 12.1 Å². The molecular formula is C6H8N2O. The Morgan fingerprint density at radius 1 is 1.44 bits per heavy atom. The summed E-state index contributed by atoms with van der Waals surface area (Å²) in [4.78, 5) is 0. The van der Waals surface area contributed by atoms with Gasteiger partial charge >= 0.3 is 0 Å². The fourth-order valence-corrected chi connectivity index (χ4v) is 0.499. The highest BCUT2D eigenvalue weighted by molar-refractivity contribution is 5.15. The van der Waals surface area contributed by atoms with Crippen LogP contribution in [0.3, 0.4) is 0 Å². The number of hydrogen-bond donors (Lipinski definition) is 1. The molecule has 9 heavy (non-hydrogen) atoms. The Labute approximate surface area is 54.1 Å². The standard InChI is InChI=1S/C6H8N2O/c1-2-3-6(9,4-7)5-8/h9H,2-3H2,1H3. The van der Waals surface area contributed by atoms with Gasteiger partial charge < -0.3 is 5.11 Å². The van der Waals surface area contributed by atoms with Crippen molar-refractivity contribution in [2.75, 3.05) is 0 Å². The maximum Gasteiger partial charge on any atom is 0.238 e. The number of rotatable bonds is 2. The van der Waals surface area contributed by atoms with Gasteiger partial charge in [0.1, 0.15) is 12.1 Å². The monoisotopic (exact) mass is 124 g/mol. The second kappa shape index (κ2) is 3.06. The Kier molecular flexibility index (Phi) is 2.70. The van der Waals surface area contributed by atoms with Crippen molar-refractivity contribution in [1.29, 1.82) is 10.5 Å². The van der Waals surface area contributed by atoms with E-state index in [2.05, 4.69) is 0 Å². The minimum absolute atomic E-state index is 0.222. The second-order valence-electron chi connectivity index (χ2n) is 1.83. The zero-order valence-electron chi connectivity index (χ0n) is 5.26. The van der Waals surface area contributed by atoms with Gasteiger partial charge in [-0.05, 0) is 0 Å². The van der Waals surface area contributed by atoms with Crippen LogP contribution < -0.4 is 0 Å². The highest BCUT2D eigenvalue weighted by Gasteiger charge is 2.23. The molecule has 0 aliphatic carbocycles. The summed E-state index contributed by atoms with van der Waals surface area (Å²) in [5.41, 5.74) is -1.76. The molecule has 0 fully saturated rings. The molecule has 0 spiro atoms. The van der Waals surface area contributed by atoms with Gasteiger partial charge in [0.2, 0.25) is 5.60 Å². The first-order valence-electron chi connectivity index (χ1n) is 2.73. The van der Waals surface area contributed by atoms with E-state index in [0.29, 0.717) is 6.42 Å². The second-order valence-corrected chi connectivity index (χ2v) is 1.83. The van der Waals surface area contributed by atoms with Crippen molar-refractivity contribution in [2.45, 2.75) is 25.4 Å². The quantitative estimate of drug-likeness (QED) is 0.547. The molecule has 0 aromatic carbocycles. The minimum atomic E-state index is -1.76. The van der Waals surface area contributed by atoms with E-state index in [1.807, 2.05) is 0 Å². The maximum atomic E-state index is 8.91. The first kappa shape index (κ1) is 7.94. The van der Waals surface area contributed by atoms with Crippen molar-refractivity contribution >= 4 is 0 Å². The Balaban J connectivity index is 4.02. The normalized spacial score (nSPS) is 9.78. The molecule has 0 heterocycles. The Morgan fingerprint density at radius 3 is 2.00 bits per heavy atom. The van der Waals surface area contributed by atoms with Crippen molar-refractivity contribution in [3.8, 4) is 12.1 Å². The lowest BCUT2D eigenvalue weighted by Crippen LogP contribution is -2.22. The molecule has 0 aromatic heterocycles. The molecule has 0 radical (unpaired) electrons. The molecule has 48 valence electrons. The highest BCUT2D eigenvalue weighted by Crippen LogP contribution is 2.08. The van der Waals surface area contributed by atoms with Crippen LogP contribution >= 0.6 is 0 Å². The first-order valence-corrected chi connectivity index (χ1v) is 2.73. The van der Waals surface area contributed by atoms with Crippen LogP contribution in [0, 0.1) is 22.7 Å². The smallest absolute Gasteiger partial charge is 0.238 e. The lowest BCUT2D eigenvalue weighted by atomic mass is 10.0. The zero-order chi connectivity index (χ0) is 7.33. The molecule has 0 aliphatic heterocycles. The summed E-state index contributed by atoms with van der Waals surface area (Å²) in [5, 5.41) is 25.3. The van der Waals surface area contributed by atoms with Crippen molar-refractivity contribution in [3.05, 3.63) is 0 Å². The molecular weight excluding hydrogens is 116 g/mol. The topological polar surface area (TPSA) is 67.8 Å². The summed E-state index contributed by atoms with van der Waals surface area (Å²) in [6, 6.07) is 3.05. The van der Waals surface area contributed by atoms with E-state index in [9.17, 15) is 0 Å². The molecule has 0 aliphatic rings. The lowest BCUT2D eigenvalue weighted by Gasteiger charge is -2.06. The first-order chi connectivity index (χ1) is 4.18. The van der Waals surface area contributed by atoms with Gasteiger partial charge in [-0.3, -0.25) is 0 Å². The summed E-state index contributed by atoms with van der Waals surface area (Å²) in [6.07, 6.45) is 0.859. The van der Waals surface area contributed by atoms with Crippen LogP contribution in [0.4, 0.5) is 0 Å². The molecule has 0 aromatic rings. The number of nitriles is 2. The SMILES string of the molecule is CCCC(O)(C#N)C#N. The molecule has 0 saturated carbocycles. The van der Waals surface area contributed by atoms with Gasteiger partial charge in [-0.15, -0.1) is 0 Å². The van der Waals surface area contributed by atoms with Crippen LogP contribution in [0.5, 0.6) is 0 Å². The average molecular weight is 124 g/mol. The van der Waals surface area contributed by atoms with E-state index >= 15 is 0 Å². The fraction of sp³-hybridized carbons (Fsp3) is 0.667. The Morgan fingerprint density at radius 2 is 1.89 bits per heavy atom. The summed E-state index contributed by atoms with van der Waals surface area (Å²) in [6.45, 7) is 1.81. The van der Waals surface area contributed by atoms with Gasteiger partial charge in [-0.2, -0.15) is 10.5 Å². The van der Waals surface area contributed by atoms with E-state index in [0.717, 1.165) is 0 Å². The van der Waals surface area contributed by atoms with Crippen molar-refractivity contribution in [3.63, 3.8) is 0 Å². The third-order valence-electron chi connectivity index (χ3n) is 0.982. The van der Waals surface area contributed by atoms with Crippen LogP contribution in [-0.4, -0.2) is 10.7 Å². The summed E-state index contributed by atoms with van der Waals surface area (Å²) >= 11 is 0. The predicted molar refractivity (Wildman–Crippen MR) is 31.1 cm³/mol. The van der Waals surface area contributed by atoms with Crippen LogP contribution in [0.15, 0.2) is 0 Å². The molecule has 0 atom stereocenters. The van der Waals surface area contributed by atoms with Gasteiger partial charge in [0.15, 0.2) is 0 Å². The van der Waals surface area contributed by atoms with Gasteiger partial charge in [0.05, 0.1) is 0 Å². The van der Waals surface area contributed by atoms with E-state index in [1.54, 1.807) is 6.92 Å². The largest absolute Gasteiger partial charge is 0.364 e. The fourth-order valence-electron chi connectivity index (χ4n) is 0.499. The predicted octanol–water partition coefficient (Wildman–Crippen LogP) is 0.565. The third kappa shape index (κ3) is 2.12. The summed E-state index contributed by atoms with van der Waals surface area (Å²) < 4.78 is 0. The van der Waals surface area contributed by atoms with Gasteiger partial charge in [-0.1, -0.05) is 13.3 Å². The molecule has 3 heteroatoms. The zero-order valence-corrected chi connectivity index (χ0v) is 5.26. The van der Waals surface area contributed by atoms with Crippen LogP contribution in [0.1, 0.15) is 19.8 Å².